The number of unbranched alkanes of at least 4 members (excludes halogenated alkanes) is 1. The van der Waals surface area contributed by atoms with Crippen LogP contribution in [0.1, 0.15) is 12.8 Å². The largest absolute Gasteiger partial charge is 0.493 e. The molecule has 3 aromatic rings. The predicted molar refractivity (Wildman–Crippen MR) is 92.6 cm³/mol. The minimum absolute atomic E-state index is 0.626. The summed E-state index contributed by atoms with van der Waals surface area (Å²) in [4.78, 5) is 12.7. The van der Waals surface area contributed by atoms with Crippen LogP contribution in [-0.4, -0.2) is 40.3 Å². The van der Waals surface area contributed by atoms with Gasteiger partial charge in [-0.25, -0.2) is 15.0 Å². The van der Waals surface area contributed by atoms with Crippen molar-refractivity contribution in [3.8, 4) is 11.5 Å². The van der Waals surface area contributed by atoms with E-state index in [0.29, 0.717) is 11.5 Å². The Labute approximate surface area is 140 Å². The highest BCUT2D eigenvalue weighted by molar-refractivity contribution is 5.94. The number of anilines is 1. The molecule has 0 fully saturated rings. The summed E-state index contributed by atoms with van der Waals surface area (Å²) in [5.74, 6) is 2.10. The minimum Gasteiger partial charge on any atom is -0.493 e. The maximum atomic E-state index is 5.44. The number of fused-ring (bicyclic) bond motifs is 1. The first-order valence-corrected chi connectivity index (χ1v) is 7.88. The molecule has 0 unspecified atom stereocenters. The summed E-state index contributed by atoms with van der Waals surface area (Å²) in [7, 11) is 3.23. The second kappa shape index (κ2) is 7.63. The lowest BCUT2D eigenvalue weighted by Gasteiger charge is -2.12. The van der Waals surface area contributed by atoms with Gasteiger partial charge >= 0.3 is 0 Å². The lowest BCUT2D eigenvalue weighted by atomic mass is 10.2. The molecule has 0 amide bonds. The van der Waals surface area contributed by atoms with Crippen molar-refractivity contribution in [1.29, 1.82) is 0 Å². The Morgan fingerprint density at radius 2 is 2.04 bits per heavy atom. The third kappa shape index (κ3) is 3.40. The van der Waals surface area contributed by atoms with E-state index in [-0.39, 0.29) is 0 Å². The van der Waals surface area contributed by atoms with Crippen molar-refractivity contribution in [1.82, 2.24) is 19.5 Å². The Morgan fingerprint density at radius 3 is 2.79 bits per heavy atom. The first kappa shape index (κ1) is 16.0. The second-order valence-corrected chi connectivity index (χ2v) is 5.35. The normalized spacial score (nSPS) is 10.8. The second-order valence-electron chi connectivity index (χ2n) is 5.35. The monoisotopic (exact) mass is 327 g/mol. The van der Waals surface area contributed by atoms with Gasteiger partial charge in [0.25, 0.3) is 0 Å². The van der Waals surface area contributed by atoms with Gasteiger partial charge in [0.15, 0.2) is 11.5 Å². The number of benzene rings is 1. The first-order chi connectivity index (χ1) is 11.8. The van der Waals surface area contributed by atoms with Crippen molar-refractivity contribution in [3.05, 3.63) is 37.2 Å². The summed E-state index contributed by atoms with van der Waals surface area (Å²) < 4.78 is 12.8. The summed E-state index contributed by atoms with van der Waals surface area (Å²) >= 11 is 0. The van der Waals surface area contributed by atoms with Gasteiger partial charge < -0.3 is 19.4 Å². The summed E-state index contributed by atoms with van der Waals surface area (Å²) in [6, 6.07) is 3.82. The van der Waals surface area contributed by atoms with Crippen molar-refractivity contribution in [2.75, 3.05) is 26.1 Å². The van der Waals surface area contributed by atoms with Gasteiger partial charge in [-0.3, -0.25) is 0 Å². The van der Waals surface area contributed by atoms with Crippen LogP contribution in [0, 0.1) is 0 Å². The van der Waals surface area contributed by atoms with Gasteiger partial charge in [0.05, 0.1) is 20.5 Å². The van der Waals surface area contributed by atoms with E-state index >= 15 is 0 Å². The van der Waals surface area contributed by atoms with E-state index in [0.717, 1.165) is 42.7 Å². The number of nitrogens with one attached hydrogen (secondary N) is 1. The van der Waals surface area contributed by atoms with Crippen LogP contribution in [0.2, 0.25) is 0 Å². The highest BCUT2D eigenvalue weighted by Crippen LogP contribution is 2.35. The van der Waals surface area contributed by atoms with Crippen molar-refractivity contribution in [2.24, 2.45) is 0 Å². The van der Waals surface area contributed by atoms with Gasteiger partial charge in [-0.05, 0) is 25.0 Å². The Bertz CT molecular complexity index is 789. The quantitative estimate of drug-likeness (QED) is 0.641. The molecule has 0 bridgehead atoms. The molecule has 1 N–H and O–H groups in total. The third-order valence-electron chi connectivity index (χ3n) is 3.84. The third-order valence-corrected chi connectivity index (χ3v) is 3.84. The van der Waals surface area contributed by atoms with Gasteiger partial charge in [-0.1, -0.05) is 0 Å². The molecule has 7 nitrogen and oxygen atoms in total. The smallest absolute Gasteiger partial charge is 0.187 e. The first-order valence-electron chi connectivity index (χ1n) is 7.88. The average Bonchev–Trinajstić information content (AvgIpc) is 3.13. The van der Waals surface area contributed by atoms with E-state index in [1.54, 1.807) is 20.4 Å². The molecule has 2 heterocycles. The fourth-order valence-corrected chi connectivity index (χ4v) is 2.63. The predicted octanol–water partition coefficient (Wildman–Crippen LogP) is 2.74. The zero-order chi connectivity index (χ0) is 16.8. The number of nitrogens with zero attached hydrogens (tertiary/aromatic N) is 4. The lowest BCUT2D eigenvalue weighted by molar-refractivity contribution is 0.358. The maximum absolute atomic E-state index is 5.44. The van der Waals surface area contributed by atoms with Crippen LogP contribution in [0.3, 0.4) is 0 Å². The molecule has 0 saturated heterocycles. The van der Waals surface area contributed by atoms with Crippen LogP contribution < -0.4 is 14.8 Å². The number of hydrogen-bond donors (Lipinski definition) is 1. The van der Waals surface area contributed by atoms with Crippen molar-refractivity contribution in [2.45, 2.75) is 19.4 Å². The van der Waals surface area contributed by atoms with Gasteiger partial charge in [0.2, 0.25) is 0 Å². The molecule has 7 heteroatoms. The van der Waals surface area contributed by atoms with Crippen LogP contribution in [-0.2, 0) is 6.54 Å². The van der Waals surface area contributed by atoms with E-state index in [1.165, 1.54) is 6.33 Å². The number of ether oxygens (including phenoxy) is 2. The molecule has 0 aliphatic heterocycles. The SMILES string of the molecule is COc1ccc2c(NCCCCn3ccnc3)ncnc2c1OC. The van der Waals surface area contributed by atoms with Gasteiger partial charge in [-0.2, -0.15) is 0 Å². The van der Waals surface area contributed by atoms with Crippen molar-refractivity contribution in [3.63, 3.8) is 0 Å². The van der Waals surface area contributed by atoms with Gasteiger partial charge in [0, 0.05) is 30.9 Å². The zero-order valence-electron chi connectivity index (χ0n) is 13.9. The number of aryl methyl sites for hydroxylation is 1. The molecule has 0 saturated carbocycles. The van der Waals surface area contributed by atoms with E-state index in [9.17, 15) is 0 Å². The number of hydrogen-bond acceptors (Lipinski definition) is 6. The summed E-state index contributed by atoms with van der Waals surface area (Å²) in [5, 5.41) is 4.31. The molecular formula is C17H21N5O2. The van der Waals surface area contributed by atoms with Gasteiger partial charge in [0.1, 0.15) is 17.7 Å². The molecule has 24 heavy (non-hydrogen) atoms. The van der Waals surface area contributed by atoms with E-state index < -0.39 is 0 Å². The summed E-state index contributed by atoms with van der Waals surface area (Å²) in [6.45, 7) is 1.81. The van der Waals surface area contributed by atoms with Crippen LogP contribution in [0.4, 0.5) is 5.82 Å². The Morgan fingerprint density at radius 1 is 1.12 bits per heavy atom. The molecule has 0 radical (unpaired) electrons. The van der Waals surface area contributed by atoms with Crippen molar-refractivity contribution >= 4 is 16.7 Å². The van der Waals surface area contributed by atoms with Crippen molar-refractivity contribution < 1.29 is 9.47 Å². The van der Waals surface area contributed by atoms with E-state index in [1.807, 2.05) is 24.7 Å². The Balaban J connectivity index is 1.66. The molecule has 0 aliphatic carbocycles. The van der Waals surface area contributed by atoms with Crippen LogP contribution in [0.25, 0.3) is 10.9 Å². The molecule has 126 valence electrons. The highest BCUT2D eigenvalue weighted by atomic mass is 16.5. The maximum Gasteiger partial charge on any atom is 0.187 e. The number of aromatic nitrogens is 4. The fourth-order valence-electron chi connectivity index (χ4n) is 2.63. The van der Waals surface area contributed by atoms with E-state index in [2.05, 4.69) is 24.8 Å². The number of rotatable bonds is 8. The fraction of sp³-hybridized carbons (Fsp3) is 0.353. The zero-order valence-corrected chi connectivity index (χ0v) is 13.9. The molecule has 3 rings (SSSR count). The molecular weight excluding hydrogens is 306 g/mol. The molecule has 0 aliphatic rings. The van der Waals surface area contributed by atoms with Gasteiger partial charge in [-0.15, -0.1) is 0 Å². The van der Waals surface area contributed by atoms with Crippen LogP contribution >= 0.6 is 0 Å². The van der Waals surface area contributed by atoms with Crippen LogP contribution in [0.15, 0.2) is 37.2 Å². The highest BCUT2D eigenvalue weighted by Gasteiger charge is 2.13. The standard InChI is InChI=1S/C17H21N5O2/c1-23-14-6-5-13-15(16(14)24-2)20-11-21-17(13)19-7-3-4-9-22-10-8-18-12-22/h5-6,8,10-12H,3-4,7,9H2,1-2H3,(H,19,20,21). The van der Waals surface area contributed by atoms with Crippen LogP contribution in [0.5, 0.6) is 11.5 Å². The topological polar surface area (TPSA) is 74.1 Å². The number of methoxy groups -OCH3 is 2. The average molecular weight is 327 g/mol. The Hall–Kier alpha value is -2.83. The molecule has 0 atom stereocenters. The molecule has 2 aromatic heterocycles. The lowest BCUT2D eigenvalue weighted by Crippen LogP contribution is -2.06. The Kier molecular flexibility index (Phi) is 5.10. The minimum atomic E-state index is 0.626. The molecule has 1 aromatic carbocycles. The summed E-state index contributed by atoms with van der Waals surface area (Å²) in [6.07, 6.45) is 9.27. The molecule has 0 spiro atoms. The number of imidazole rings is 1. The van der Waals surface area contributed by atoms with E-state index in [4.69, 9.17) is 9.47 Å². The summed E-state index contributed by atoms with van der Waals surface area (Å²) in [5.41, 5.74) is 0.743.